The van der Waals surface area contributed by atoms with Crippen molar-refractivity contribution in [2.24, 2.45) is 0 Å². The fourth-order valence-electron chi connectivity index (χ4n) is 1.21. The SMILES string of the molecule is COC(=O)c1c(Cl)c(Cl)c(OC)c(C#N)c1Cl. The fraction of sp³-hybridized carbons (Fsp3) is 0.200. The minimum Gasteiger partial charge on any atom is -0.494 e. The average molecular weight is 295 g/mol. The lowest BCUT2D eigenvalue weighted by Crippen LogP contribution is -2.06. The smallest absolute Gasteiger partial charge is 0.341 e. The van der Waals surface area contributed by atoms with Crippen molar-refractivity contribution >= 4 is 40.8 Å². The van der Waals surface area contributed by atoms with E-state index in [1.165, 1.54) is 14.2 Å². The van der Waals surface area contributed by atoms with Gasteiger partial charge >= 0.3 is 5.97 Å². The van der Waals surface area contributed by atoms with Crippen molar-refractivity contribution in [1.82, 2.24) is 0 Å². The summed E-state index contributed by atoms with van der Waals surface area (Å²) in [5.74, 6) is -0.752. The maximum Gasteiger partial charge on any atom is 0.341 e. The zero-order chi connectivity index (χ0) is 13.2. The molecule has 1 aromatic rings. The normalized spacial score (nSPS) is 9.65. The minimum atomic E-state index is -0.777. The van der Waals surface area contributed by atoms with Crippen molar-refractivity contribution < 1.29 is 14.3 Å². The third-order valence-corrected chi connectivity index (χ3v) is 3.20. The molecule has 0 aliphatic heterocycles. The fourth-order valence-corrected chi connectivity index (χ4v) is 2.08. The Bertz CT molecular complexity index is 523. The Morgan fingerprint density at radius 1 is 1.18 bits per heavy atom. The van der Waals surface area contributed by atoms with Gasteiger partial charge in [-0.3, -0.25) is 0 Å². The Kier molecular flexibility index (Phi) is 4.47. The van der Waals surface area contributed by atoms with Gasteiger partial charge in [0.1, 0.15) is 16.7 Å². The van der Waals surface area contributed by atoms with Gasteiger partial charge in [-0.2, -0.15) is 5.26 Å². The van der Waals surface area contributed by atoms with Gasteiger partial charge in [-0.25, -0.2) is 4.79 Å². The summed E-state index contributed by atoms with van der Waals surface area (Å²) in [4.78, 5) is 11.5. The number of halogens is 3. The summed E-state index contributed by atoms with van der Waals surface area (Å²) in [6, 6.07) is 1.79. The highest BCUT2D eigenvalue weighted by molar-refractivity contribution is 6.47. The first-order chi connectivity index (χ1) is 7.99. The Labute approximate surface area is 113 Å². The van der Waals surface area contributed by atoms with Crippen LogP contribution in [0.5, 0.6) is 5.75 Å². The Morgan fingerprint density at radius 3 is 2.18 bits per heavy atom. The van der Waals surface area contributed by atoms with E-state index < -0.39 is 5.97 Å². The van der Waals surface area contributed by atoms with E-state index in [-0.39, 0.29) is 31.9 Å². The molecular formula is C10H6Cl3NO3. The van der Waals surface area contributed by atoms with Gasteiger partial charge in [0.2, 0.25) is 0 Å². The van der Waals surface area contributed by atoms with E-state index in [0.29, 0.717) is 0 Å². The van der Waals surface area contributed by atoms with E-state index in [0.717, 1.165) is 0 Å². The van der Waals surface area contributed by atoms with Gasteiger partial charge in [0, 0.05) is 0 Å². The van der Waals surface area contributed by atoms with Gasteiger partial charge in [0.15, 0.2) is 5.75 Å². The number of carbonyl (C=O) groups excluding carboxylic acids is 1. The lowest BCUT2D eigenvalue weighted by atomic mass is 10.1. The molecule has 0 heterocycles. The highest BCUT2D eigenvalue weighted by atomic mass is 35.5. The molecule has 0 aromatic heterocycles. The first-order valence-corrected chi connectivity index (χ1v) is 5.35. The summed E-state index contributed by atoms with van der Waals surface area (Å²) in [5, 5.41) is 8.64. The molecule has 0 unspecified atom stereocenters. The summed E-state index contributed by atoms with van der Waals surface area (Å²) in [5.41, 5.74) is -0.220. The zero-order valence-electron chi connectivity index (χ0n) is 8.81. The molecule has 0 bridgehead atoms. The predicted molar refractivity (Wildman–Crippen MR) is 64.1 cm³/mol. The molecule has 7 heteroatoms. The van der Waals surface area contributed by atoms with E-state index in [1.54, 1.807) is 6.07 Å². The molecular weight excluding hydrogens is 288 g/mol. The summed E-state index contributed by atoms with van der Waals surface area (Å²) < 4.78 is 9.43. The highest BCUT2D eigenvalue weighted by Crippen LogP contribution is 2.42. The monoisotopic (exact) mass is 293 g/mol. The standard InChI is InChI=1S/C10H6Cl3NO3/c1-16-9-4(3-14)6(11)5(10(15)17-2)7(12)8(9)13/h1-2H3. The highest BCUT2D eigenvalue weighted by Gasteiger charge is 2.26. The number of benzene rings is 1. The maximum atomic E-state index is 11.5. The van der Waals surface area contributed by atoms with E-state index in [9.17, 15) is 4.79 Å². The molecule has 0 radical (unpaired) electrons. The molecule has 4 nitrogen and oxygen atoms in total. The average Bonchev–Trinajstić information content (AvgIpc) is 2.33. The molecule has 1 rings (SSSR count). The molecule has 17 heavy (non-hydrogen) atoms. The van der Waals surface area contributed by atoms with E-state index >= 15 is 0 Å². The quantitative estimate of drug-likeness (QED) is 0.620. The Morgan fingerprint density at radius 2 is 1.76 bits per heavy atom. The number of rotatable bonds is 2. The van der Waals surface area contributed by atoms with Crippen molar-refractivity contribution in [2.45, 2.75) is 0 Å². The second kappa shape index (κ2) is 5.46. The van der Waals surface area contributed by atoms with Crippen LogP contribution in [0, 0.1) is 11.3 Å². The van der Waals surface area contributed by atoms with Crippen LogP contribution in [0.4, 0.5) is 0 Å². The number of hydrogen-bond donors (Lipinski definition) is 0. The Hall–Kier alpha value is -1.15. The van der Waals surface area contributed by atoms with Gasteiger partial charge < -0.3 is 9.47 Å². The third kappa shape index (κ3) is 2.27. The molecule has 1 aromatic carbocycles. The van der Waals surface area contributed by atoms with Gasteiger partial charge in [-0.15, -0.1) is 0 Å². The van der Waals surface area contributed by atoms with Crippen LogP contribution < -0.4 is 4.74 Å². The summed E-state index contributed by atoms with van der Waals surface area (Å²) in [7, 11) is 2.48. The van der Waals surface area contributed by atoms with Gasteiger partial charge in [-0.1, -0.05) is 34.8 Å². The molecule has 0 spiro atoms. The molecule has 90 valence electrons. The lowest BCUT2D eigenvalue weighted by molar-refractivity contribution is 0.0601. The lowest BCUT2D eigenvalue weighted by Gasteiger charge is -2.12. The first kappa shape index (κ1) is 13.9. The molecule has 0 aliphatic rings. The van der Waals surface area contributed by atoms with Crippen LogP contribution in [0.1, 0.15) is 15.9 Å². The van der Waals surface area contributed by atoms with Gasteiger partial charge in [-0.05, 0) is 0 Å². The van der Waals surface area contributed by atoms with Crippen molar-refractivity contribution in [2.75, 3.05) is 14.2 Å². The van der Waals surface area contributed by atoms with Crippen molar-refractivity contribution in [3.05, 3.63) is 26.2 Å². The topological polar surface area (TPSA) is 59.3 Å². The molecule has 0 fully saturated rings. The van der Waals surface area contributed by atoms with Crippen molar-refractivity contribution in [3.8, 4) is 11.8 Å². The molecule has 0 amide bonds. The molecule has 0 saturated carbocycles. The van der Waals surface area contributed by atoms with Crippen LogP contribution in [0.3, 0.4) is 0 Å². The van der Waals surface area contributed by atoms with E-state index in [1.807, 2.05) is 0 Å². The molecule has 0 N–H and O–H groups in total. The number of esters is 1. The first-order valence-electron chi connectivity index (χ1n) is 4.22. The molecule has 0 aliphatic carbocycles. The van der Waals surface area contributed by atoms with Gasteiger partial charge in [0.25, 0.3) is 0 Å². The number of ether oxygens (including phenoxy) is 2. The second-order valence-electron chi connectivity index (χ2n) is 2.83. The van der Waals surface area contributed by atoms with E-state index in [4.69, 9.17) is 44.8 Å². The zero-order valence-corrected chi connectivity index (χ0v) is 11.1. The Balaban J connectivity index is 3.72. The van der Waals surface area contributed by atoms with Crippen LogP contribution in [0.15, 0.2) is 0 Å². The maximum absolute atomic E-state index is 11.5. The van der Waals surface area contributed by atoms with Gasteiger partial charge in [0.05, 0.1) is 29.8 Å². The van der Waals surface area contributed by atoms with E-state index in [2.05, 4.69) is 4.74 Å². The number of methoxy groups -OCH3 is 2. The number of nitriles is 1. The predicted octanol–water partition coefficient (Wildman–Crippen LogP) is 3.31. The van der Waals surface area contributed by atoms with Crippen LogP contribution in [0.2, 0.25) is 15.1 Å². The molecule has 0 saturated heterocycles. The van der Waals surface area contributed by atoms with Crippen LogP contribution in [-0.2, 0) is 4.74 Å². The van der Waals surface area contributed by atoms with Crippen LogP contribution in [0.25, 0.3) is 0 Å². The summed E-state index contributed by atoms with van der Waals surface area (Å²) >= 11 is 17.7. The van der Waals surface area contributed by atoms with Crippen molar-refractivity contribution in [1.29, 1.82) is 5.26 Å². The van der Waals surface area contributed by atoms with Crippen LogP contribution >= 0.6 is 34.8 Å². The number of hydrogen-bond acceptors (Lipinski definition) is 4. The largest absolute Gasteiger partial charge is 0.494 e. The van der Waals surface area contributed by atoms with Crippen molar-refractivity contribution in [3.63, 3.8) is 0 Å². The number of carbonyl (C=O) groups is 1. The number of nitrogens with zero attached hydrogens (tertiary/aromatic N) is 1. The summed E-state index contributed by atoms with van der Waals surface area (Å²) in [6.07, 6.45) is 0. The minimum absolute atomic E-state index is 0.0248. The third-order valence-electron chi connectivity index (χ3n) is 1.98. The van der Waals surface area contributed by atoms with Crippen LogP contribution in [-0.4, -0.2) is 20.2 Å². The molecule has 0 atom stereocenters. The summed E-state index contributed by atoms with van der Waals surface area (Å²) in [6.45, 7) is 0. The second-order valence-corrected chi connectivity index (χ2v) is 3.96.